The Hall–Kier alpha value is -4.65. The van der Waals surface area contributed by atoms with Crippen LogP contribution in [0.1, 0.15) is 32.3 Å². The third-order valence-electron chi connectivity index (χ3n) is 7.30. The van der Waals surface area contributed by atoms with Crippen LogP contribution in [0.3, 0.4) is 0 Å². The van der Waals surface area contributed by atoms with Crippen LogP contribution in [0, 0.1) is 0 Å². The number of hydrogen-bond donors (Lipinski definition) is 1. The average Bonchev–Trinajstić information content (AvgIpc) is 3.08. The standard InChI is InChI=1S/C33H43N3O9S/c1-8-17-34-33(38)27(9-2)35(21-23-11-10-12-24(18-23)41-3)32(37)22-36(28-19-25(42-4)13-15-29(28)43-5)46(39,40)26-14-16-30(44-6)31(20-26)45-7/h10-16,18-20,27H,8-9,17,21-22H2,1-7H3,(H,34,38)/t27-/m1/s1. The summed E-state index contributed by atoms with van der Waals surface area (Å²) in [4.78, 5) is 29.0. The van der Waals surface area contributed by atoms with Gasteiger partial charge in [0.25, 0.3) is 10.0 Å². The van der Waals surface area contributed by atoms with E-state index < -0.39 is 28.5 Å². The molecule has 0 unspecified atom stereocenters. The Morgan fingerprint density at radius 1 is 0.783 bits per heavy atom. The van der Waals surface area contributed by atoms with Gasteiger partial charge in [0.2, 0.25) is 11.8 Å². The lowest BCUT2D eigenvalue weighted by atomic mass is 10.1. The summed E-state index contributed by atoms with van der Waals surface area (Å²) in [6.45, 7) is 3.51. The summed E-state index contributed by atoms with van der Waals surface area (Å²) in [7, 11) is 2.76. The van der Waals surface area contributed by atoms with Crippen molar-refractivity contribution in [1.29, 1.82) is 0 Å². The highest BCUT2D eigenvalue weighted by Gasteiger charge is 2.35. The molecule has 12 nitrogen and oxygen atoms in total. The normalized spacial score (nSPS) is 11.6. The molecule has 3 aromatic rings. The first kappa shape index (κ1) is 35.8. The van der Waals surface area contributed by atoms with Crippen molar-refractivity contribution in [1.82, 2.24) is 10.2 Å². The Balaban J connectivity index is 2.20. The third kappa shape index (κ3) is 8.33. The minimum atomic E-state index is -4.45. The van der Waals surface area contributed by atoms with E-state index in [0.29, 0.717) is 35.8 Å². The lowest BCUT2D eigenvalue weighted by molar-refractivity contribution is -0.140. The summed E-state index contributed by atoms with van der Waals surface area (Å²) in [5.74, 6) is 0.664. The van der Waals surface area contributed by atoms with Crippen molar-refractivity contribution in [3.05, 3.63) is 66.2 Å². The van der Waals surface area contributed by atoms with Crippen molar-refractivity contribution in [3.8, 4) is 28.7 Å². The number of carbonyl (C=O) groups excluding carboxylic acids is 2. The number of nitrogens with one attached hydrogen (secondary N) is 1. The molecule has 3 aromatic carbocycles. The van der Waals surface area contributed by atoms with Crippen LogP contribution in [0.5, 0.6) is 28.7 Å². The van der Waals surface area contributed by atoms with Crippen LogP contribution >= 0.6 is 0 Å². The lowest BCUT2D eigenvalue weighted by Gasteiger charge is -2.33. The predicted molar refractivity (Wildman–Crippen MR) is 175 cm³/mol. The summed E-state index contributed by atoms with van der Waals surface area (Å²) in [6.07, 6.45) is 0.995. The van der Waals surface area contributed by atoms with Crippen LogP contribution < -0.4 is 33.3 Å². The smallest absolute Gasteiger partial charge is 0.265 e. The second-order valence-corrected chi connectivity index (χ2v) is 12.0. The Morgan fingerprint density at radius 3 is 2.04 bits per heavy atom. The number of ether oxygens (including phenoxy) is 5. The third-order valence-corrected chi connectivity index (χ3v) is 9.05. The van der Waals surface area contributed by atoms with E-state index in [-0.39, 0.29) is 41.0 Å². The van der Waals surface area contributed by atoms with Gasteiger partial charge in [-0.3, -0.25) is 13.9 Å². The van der Waals surface area contributed by atoms with Crippen LogP contribution in [0.25, 0.3) is 0 Å². The number of rotatable bonds is 17. The van der Waals surface area contributed by atoms with E-state index in [4.69, 9.17) is 23.7 Å². The molecule has 1 atom stereocenters. The van der Waals surface area contributed by atoms with Crippen molar-refractivity contribution in [2.75, 3.05) is 52.9 Å². The Kier molecular flexibility index (Phi) is 12.9. The van der Waals surface area contributed by atoms with Crippen molar-refractivity contribution in [2.45, 2.75) is 44.2 Å². The summed E-state index contributed by atoms with van der Waals surface area (Å²) in [5, 5.41) is 2.87. The molecular formula is C33H43N3O9S. The molecule has 0 heterocycles. The number of carbonyl (C=O) groups is 2. The second-order valence-electron chi connectivity index (χ2n) is 10.2. The largest absolute Gasteiger partial charge is 0.497 e. The molecule has 0 spiro atoms. The monoisotopic (exact) mass is 657 g/mol. The fourth-order valence-electron chi connectivity index (χ4n) is 4.86. The van der Waals surface area contributed by atoms with Crippen molar-refractivity contribution in [3.63, 3.8) is 0 Å². The zero-order chi connectivity index (χ0) is 33.9. The van der Waals surface area contributed by atoms with E-state index in [1.54, 1.807) is 37.3 Å². The van der Waals surface area contributed by atoms with Gasteiger partial charge in [0.05, 0.1) is 46.1 Å². The lowest BCUT2D eigenvalue weighted by Crippen LogP contribution is -2.52. The van der Waals surface area contributed by atoms with E-state index in [0.717, 1.165) is 4.31 Å². The molecule has 3 rings (SSSR count). The van der Waals surface area contributed by atoms with Crippen molar-refractivity contribution in [2.24, 2.45) is 0 Å². The first-order valence-corrected chi connectivity index (χ1v) is 16.2. The van der Waals surface area contributed by atoms with Crippen molar-refractivity contribution < 1.29 is 41.7 Å². The molecule has 13 heteroatoms. The van der Waals surface area contributed by atoms with E-state index in [1.165, 1.54) is 64.7 Å². The van der Waals surface area contributed by atoms with Crippen LogP contribution in [0.4, 0.5) is 5.69 Å². The molecule has 46 heavy (non-hydrogen) atoms. The SMILES string of the molecule is CCCNC(=O)[C@@H](CC)N(Cc1cccc(OC)c1)C(=O)CN(c1cc(OC)ccc1OC)S(=O)(=O)c1ccc(OC)c(OC)c1. The molecule has 250 valence electrons. The maximum Gasteiger partial charge on any atom is 0.265 e. The first-order chi connectivity index (χ1) is 22.1. The van der Waals surface area contributed by atoms with Gasteiger partial charge in [-0.25, -0.2) is 8.42 Å². The second kappa shape index (κ2) is 16.6. The van der Waals surface area contributed by atoms with Gasteiger partial charge in [-0.05, 0) is 54.8 Å². The quantitative estimate of drug-likeness (QED) is 0.226. The van der Waals surface area contributed by atoms with E-state index in [2.05, 4.69) is 5.32 Å². The maximum atomic E-state index is 14.4. The summed E-state index contributed by atoms with van der Waals surface area (Å²) in [6, 6.07) is 15.0. The maximum absolute atomic E-state index is 14.4. The number of sulfonamides is 1. The van der Waals surface area contributed by atoms with Gasteiger partial charge in [0, 0.05) is 25.2 Å². The topological polar surface area (TPSA) is 133 Å². The van der Waals surface area contributed by atoms with E-state index >= 15 is 0 Å². The molecule has 0 aromatic heterocycles. The minimum Gasteiger partial charge on any atom is -0.497 e. The molecule has 0 aliphatic heterocycles. The number of hydrogen-bond acceptors (Lipinski definition) is 9. The predicted octanol–water partition coefficient (Wildman–Crippen LogP) is 4.26. The highest BCUT2D eigenvalue weighted by atomic mass is 32.2. The van der Waals surface area contributed by atoms with Crippen LogP contribution in [-0.4, -0.2) is 79.8 Å². The summed E-state index contributed by atoms with van der Waals surface area (Å²) < 4.78 is 56.8. The molecule has 1 N–H and O–H groups in total. The van der Waals surface area contributed by atoms with Crippen LogP contribution in [0.15, 0.2) is 65.6 Å². The number of amides is 2. The molecule has 2 amide bonds. The zero-order valence-corrected chi connectivity index (χ0v) is 28.2. The zero-order valence-electron chi connectivity index (χ0n) is 27.4. The number of methoxy groups -OCH3 is 5. The van der Waals surface area contributed by atoms with Gasteiger partial charge in [-0.1, -0.05) is 26.0 Å². The minimum absolute atomic E-state index is 0.0214. The molecule has 0 aliphatic carbocycles. The van der Waals surface area contributed by atoms with Gasteiger partial charge in [-0.15, -0.1) is 0 Å². The summed E-state index contributed by atoms with van der Waals surface area (Å²) in [5.41, 5.74) is 0.762. The fourth-order valence-corrected chi connectivity index (χ4v) is 6.29. The average molecular weight is 658 g/mol. The fraction of sp³-hybridized carbons (Fsp3) is 0.394. The first-order valence-electron chi connectivity index (χ1n) is 14.7. The molecule has 0 fully saturated rings. The number of nitrogens with zero attached hydrogens (tertiary/aromatic N) is 2. The van der Waals surface area contributed by atoms with Crippen LogP contribution in [-0.2, 0) is 26.2 Å². The summed E-state index contributed by atoms with van der Waals surface area (Å²) >= 11 is 0. The molecule has 0 bridgehead atoms. The van der Waals surface area contributed by atoms with E-state index in [9.17, 15) is 18.0 Å². The molecule has 0 saturated heterocycles. The Labute approximate surface area is 271 Å². The molecule has 0 saturated carbocycles. The van der Waals surface area contributed by atoms with Crippen molar-refractivity contribution >= 4 is 27.5 Å². The number of benzene rings is 3. The Bertz CT molecular complexity index is 1600. The number of anilines is 1. The Morgan fingerprint density at radius 2 is 1.43 bits per heavy atom. The van der Waals surface area contributed by atoms with Gasteiger partial charge in [0.15, 0.2) is 11.5 Å². The van der Waals surface area contributed by atoms with E-state index in [1.807, 2.05) is 13.0 Å². The molecular weight excluding hydrogens is 614 g/mol. The molecule has 0 radical (unpaired) electrons. The van der Waals surface area contributed by atoms with Gasteiger partial charge < -0.3 is 33.9 Å². The highest BCUT2D eigenvalue weighted by Crippen LogP contribution is 2.38. The van der Waals surface area contributed by atoms with Gasteiger partial charge >= 0.3 is 0 Å². The van der Waals surface area contributed by atoms with Gasteiger partial charge in [0.1, 0.15) is 29.8 Å². The van der Waals surface area contributed by atoms with Crippen LogP contribution in [0.2, 0.25) is 0 Å². The highest BCUT2D eigenvalue weighted by molar-refractivity contribution is 7.92. The van der Waals surface area contributed by atoms with Gasteiger partial charge in [-0.2, -0.15) is 0 Å². The molecule has 0 aliphatic rings.